The number of ketones is 1. The van der Waals surface area contributed by atoms with E-state index in [9.17, 15) is 9.59 Å². The molecule has 1 aliphatic carbocycles. The topological polar surface area (TPSA) is 71.2 Å². The van der Waals surface area contributed by atoms with Crippen LogP contribution in [0.2, 0.25) is 0 Å². The molecule has 0 aliphatic heterocycles. The first-order chi connectivity index (χ1) is 10.9. The second-order valence-electron chi connectivity index (χ2n) is 6.68. The molecule has 0 atom stereocenters. The minimum absolute atomic E-state index is 0.0216. The smallest absolute Gasteiger partial charge is 0.257 e. The van der Waals surface area contributed by atoms with E-state index in [0.29, 0.717) is 29.0 Å². The Morgan fingerprint density at radius 1 is 1.30 bits per heavy atom. The molecule has 1 amide bonds. The number of carbonyl (C=O) groups is 2. The number of fused-ring (bicyclic) bond motifs is 1. The molecule has 2 aromatic rings. The second-order valence-corrected chi connectivity index (χ2v) is 6.68. The lowest BCUT2D eigenvalue weighted by molar-refractivity contribution is 0.0902. The maximum Gasteiger partial charge on any atom is 0.257 e. The Bertz CT molecular complexity index is 774. The van der Waals surface area contributed by atoms with Crippen LogP contribution in [0.3, 0.4) is 0 Å². The van der Waals surface area contributed by atoms with E-state index in [0.717, 1.165) is 12.1 Å². The molecule has 1 aromatic carbocycles. The van der Waals surface area contributed by atoms with Crippen LogP contribution in [0, 0.1) is 5.41 Å². The van der Waals surface area contributed by atoms with Gasteiger partial charge >= 0.3 is 0 Å². The number of methoxy groups -OCH3 is 1. The van der Waals surface area contributed by atoms with Gasteiger partial charge in [-0.1, -0.05) is 19.9 Å². The predicted octanol–water partition coefficient (Wildman–Crippen LogP) is 3.43. The average molecular weight is 312 g/mol. The molecule has 3 rings (SSSR count). The summed E-state index contributed by atoms with van der Waals surface area (Å²) in [5, 5.41) is 2.82. The largest absolute Gasteiger partial charge is 0.497 e. The van der Waals surface area contributed by atoms with E-state index in [1.54, 1.807) is 37.6 Å². The Morgan fingerprint density at radius 3 is 2.83 bits per heavy atom. The second kappa shape index (κ2) is 5.57. The number of nitrogens with one attached hydrogen (secondary N) is 2. The summed E-state index contributed by atoms with van der Waals surface area (Å²) < 4.78 is 5.15. The summed E-state index contributed by atoms with van der Waals surface area (Å²) in [6.45, 7) is 4.12. The van der Waals surface area contributed by atoms with Gasteiger partial charge in [-0.25, -0.2) is 0 Å². The van der Waals surface area contributed by atoms with E-state index >= 15 is 0 Å². The fraction of sp³-hybridized carbons (Fsp3) is 0.333. The van der Waals surface area contributed by atoms with Crippen molar-refractivity contribution in [1.29, 1.82) is 0 Å². The van der Waals surface area contributed by atoms with Crippen LogP contribution in [0.1, 0.15) is 46.7 Å². The van der Waals surface area contributed by atoms with Crippen LogP contribution in [0.25, 0.3) is 0 Å². The molecule has 5 nitrogen and oxygen atoms in total. The number of benzene rings is 1. The lowest BCUT2D eigenvalue weighted by atomic mass is 9.75. The fourth-order valence-corrected chi connectivity index (χ4v) is 3.07. The molecule has 1 aromatic heterocycles. The van der Waals surface area contributed by atoms with Gasteiger partial charge in [0.05, 0.1) is 18.2 Å². The molecule has 0 unspecified atom stereocenters. The monoisotopic (exact) mass is 312 g/mol. The highest BCUT2D eigenvalue weighted by Gasteiger charge is 2.35. The summed E-state index contributed by atoms with van der Waals surface area (Å²) >= 11 is 0. The number of Topliss-reactive ketones (excluding diaryl/α,β-unsaturated/α-hetero) is 1. The Hall–Kier alpha value is -2.56. The molecule has 0 saturated heterocycles. The van der Waals surface area contributed by atoms with Crippen LogP contribution in [0.4, 0.5) is 5.69 Å². The van der Waals surface area contributed by atoms with E-state index in [1.807, 2.05) is 0 Å². The zero-order valence-corrected chi connectivity index (χ0v) is 13.5. The van der Waals surface area contributed by atoms with Gasteiger partial charge < -0.3 is 15.0 Å². The first-order valence-corrected chi connectivity index (χ1v) is 7.58. The van der Waals surface area contributed by atoms with Crippen molar-refractivity contribution in [2.75, 3.05) is 12.4 Å². The number of aromatic nitrogens is 1. The van der Waals surface area contributed by atoms with Crippen molar-refractivity contribution in [2.45, 2.75) is 26.7 Å². The summed E-state index contributed by atoms with van der Waals surface area (Å²) in [7, 11) is 1.57. The maximum atomic E-state index is 12.5. The van der Waals surface area contributed by atoms with Crippen LogP contribution in [0.5, 0.6) is 5.75 Å². The normalized spacial score (nSPS) is 15.9. The summed E-state index contributed by atoms with van der Waals surface area (Å²) in [4.78, 5) is 28.0. The average Bonchev–Trinajstić information content (AvgIpc) is 2.90. The number of H-pyrrole nitrogens is 1. The molecule has 0 spiro atoms. The molecular weight excluding hydrogens is 292 g/mol. The quantitative estimate of drug-likeness (QED) is 0.912. The number of anilines is 1. The molecule has 5 heteroatoms. The number of hydrogen-bond donors (Lipinski definition) is 2. The fourth-order valence-electron chi connectivity index (χ4n) is 3.07. The predicted molar refractivity (Wildman–Crippen MR) is 88.2 cm³/mol. The number of hydrogen-bond acceptors (Lipinski definition) is 3. The van der Waals surface area contributed by atoms with E-state index in [2.05, 4.69) is 24.1 Å². The van der Waals surface area contributed by atoms with Crippen molar-refractivity contribution >= 4 is 17.4 Å². The number of aromatic amines is 1. The summed E-state index contributed by atoms with van der Waals surface area (Å²) in [6.07, 6.45) is 2.84. The highest BCUT2D eigenvalue weighted by atomic mass is 16.5. The molecule has 23 heavy (non-hydrogen) atoms. The molecule has 120 valence electrons. The summed E-state index contributed by atoms with van der Waals surface area (Å²) in [5.41, 5.74) is 2.35. The molecule has 0 radical (unpaired) electrons. The van der Waals surface area contributed by atoms with Crippen molar-refractivity contribution in [1.82, 2.24) is 4.98 Å². The number of carbonyl (C=O) groups excluding carboxylic acids is 2. The first-order valence-electron chi connectivity index (χ1n) is 7.58. The number of rotatable bonds is 3. The van der Waals surface area contributed by atoms with Gasteiger partial charge in [0, 0.05) is 30.1 Å². The van der Waals surface area contributed by atoms with E-state index < -0.39 is 0 Å². The van der Waals surface area contributed by atoms with Crippen LogP contribution >= 0.6 is 0 Å². The zero-order valence-electron chi connectivity index (χ0n) is 13.5. The summed E-state index contributed by atoms with van der Waals surface area (Å²) in [5.74, 6) is 0.397. The van der Waals surface area contributed by atoms with E-state index in [-0.39, 0.29) is 17.1 Å². The van der Waals surface area contributed by atoms with Gasteiger partial charge in [0.2, 0.25) is 0 Å². The van der Waals surface area contributed by atoms with Gasteiger partial charge in [0.1, 0.15) is 5.75 Å². The van der Waals surface area contributed by atoms with Gasteiger partial charge in [-0.2, -0.15) is 0 Å². The third-order valence-electron chi connectivity index (χ3n) is 4.11. The standard InChI is InChI=1S/C18H20N2O3/c1-18(2)8-14-16(15(21)9-18)13(10-19-14)17(22)20-11-5-4-6-12(7-11)23-3/h4-7,10,19H,8-9H2,1-3H3,(H,20,22). The highest BCUT2D eigenvalue weighted by molar-refractivity contribution is 6.13. The van der Waals surface area contributed by atoms with Crippen LogP contribution in [-0.2, 0) is 6.42 Å². The Kier molecular flexibility index (Phi) is 3.72. The van der Waals surface area contributed by atoms with Gasteiger partial charge in [0.15, 0.2) is 5.78 Å². The highest BCUT2D eigenvalue weighted by Crippen LogP contribution is 2.35. The van der Waals surface area contributed by atoms with Crippen LogP contribution in [-0.4, -0.2) is 23.8 Å². The van der Waals surface area contributed by atoms with Crippen molar-refractivity contribution in [3.8, 4) is 5.75 Å². The Balaban J connectivity index is 1.87. The third kappa shape index (κ3) is 2.99. The number of ether oxygens (including phenoxy) is 1. The van der Waals surface area contributed by atoms with Crippen molar-refractivity contribution in [2.24, 2.45) is 5.41 Å². The van der Waals surface area contributed by atoms with Crippen LogP contribution in [0.15, 0.2) is 30.5 Å². The molecule has 0 fully saturated rings. The Morgan fingerprint density at radius 2 is 2.09 bits per heavy atom. The molecular formula is C18H20N2O3. The Labute approximate surface area is 135 Å². The summed E-state index contributed by atoms with van der Waals surface area (Å²) in [6, 6.07) is 7.13. The molecule has 0 bridgehead atoms. The lowest BCUT2D eigenvalue weighted by Gasteiger charge is -2.28. The molecule has 0 saturated carbocycles. The van der Waals surface area contributed by atoms with Gasteiger partial charge in [-0.3, -0.25) is 9.59 Å². The van der Waals surface area contributed by atoms with E-state index in [1.165, 1.54) is 0 Å². The van der Waals surface area contributed by atoms with Gasteiger partial charge in [0.25, 0.3) is 5.91 Å². The van der Waals surface area contributed by atoms with E-state index in [4.69, 9.17) is 4.74 Å². The van der Waals surface area contributed by atoms with Gasteiger partial charge in [-0.15, -0.1) is 0 Å². The van der Waals surface area contributed by atoms with Crippen molar-refractivity contribution in [3.05, 3.63) is 47.3 Å². The van der Waals surface area contributed by atoms with Gasteiger partial charge in [-0.05, 0) is 24.0 Å². The van der Waals surface area contributed by atoms with Crippen LogP contribution < -0.4 is 10.1 Å². The lowest BCUT2D eigenvalue weighted by Crippen LogP contribution is -2.28. The minimum atomic E-state index is -0.288. The zero-order chi connectivity index (χ0) is 16.6. The number of amides is 1. The molecule has 2 N–H and O–H groups in total. The molecule has 1 heterocycles. The third-order valence-corrected chi connectivity index (χ3v) is 4.11. The van der Waals surface area contributed by atoms with Crippen molar-refractivity contribution in [3.63, 3.8) is 0 Å². The van der Waals surface area contributed by atoms with Crippen molar-refractivity contribution < 1.29 is 14.3 Å². The SMILES string of the molecule is COc1cccc(NC(=O)c2c[nH]c3c2C(=O)CC(C)(C)C3)c1. The maximum absolute atomic E-state index is 12.5. The molecule has 1 aliphatic rings. The first kappa shape index (κ1) is 15.3. The minimum Gasteiger partial charge on any atom is -0.497 e.